The van der Waals surface area contributed by atoms with Crippen molar-refractivity contribution in [2.24, 2.45) is 11.8 Å². The lowest BCUT2D eigenvalue weighted by atomic mass is 9.96. The van der Waals surface area contributed by atoms with Crippen molar-refractivity contribution < 1.29 is 19.1 Å². The molecule has 1 aliphatic heterocycles. The molecule has 1 saturated heterocycles. The number of hydrogen-bond acceptors (Lipinski definition) is 4. The molecule has 0 unspecified atom stereocenters. The van der Waals surface area contributed by atoms with Crippen LogP contribution in [0.1, 0.15) is 49.9 Å². The van der Waals surface area contributed by atoms with Gasteiger partial charge in [0.25, 0.3) is 5.91 Å². The average Bonchev–Trinajstić information content (AvgIpc) is 3.51. The highest BCUT2D eigenvalue weighted by atomic mass is 16.5. The van der Waals surface area contributed by atoms with Crippen LogP contribution in [0.25, 0.3) is 0 Å². The largest absolute Gasteiger partial charge is 0.427 e. The Morgan fingerprint density at radius 1 is 1.14 bits per heavy atom. The molecule has 0 atom stereocenters. The molecule has 0 aromatic heterocycles. The predicted molar refractivity (Wildman–Crippen MR) is 106 cm³/mol. The van der Waals surface area contributed by atoms with Crippen LogP contribution >= 0.6 is 0 Å². The van der Waals surface area contributed by atoms with Crippen LogP contribution in [0.5, 0.6) is 5.75 Å². The van der Waals surface area contributed by atoms with E-state index in [2.05, 4.69) is 5.32 Å². The predicted octanol–water partition coefficient (Wildman–Crippen LogP) is 2.94. The summed E-state index contributed by atoms with van der Waals surface area (Å²) < 4.78 is 5.02. The SMILES string of the molecule is CC(=O)Oc1cccc(C(=O)NCC2CCN(C(=O)/C=C(\C)C3CC3)CC2)c1. The average molecular weight is 384 g/mol. The third kappa shape index (κ3) is 5.68. The van der Waals surface area contributed by atoms with Crippen LogP contribution in [0.3, 0.4) is 0 Å². The number of piperidine rings is 1. The summed E-state index contributed by atoms with van der Waals surface area (Å²) in [6.45, 7) is 5.42. The second-order valence-corrected chi connectivity index (χ2v) is 7.76. The number of likely N-dealkylation sites (tertiary alicyclic amines) is 1. The van der Waals surface area contributed by atoms with Gasteiger partial charge >= 0.3 is 5.97 Å². The molecule has 1 aromatic carbocycles. The highest BCUT2D eigenvalue weighted by Crippen LogP contribution is 2.36. The zero-order chi connectivity index (χ0) is 20.1. The van der Waals surface area contributed by atoms with Gasteiger partial charge in [0.1, 0.15) is 5.75 Å². The molecular formula is C22H28N2O4. The fourth-order valence-electron chi connectivity index (χ4n) is 3.51. The van der Waals surface area contributed by atoms with Crippen molar-refractivity contribution in [3.63, 3.8) is 0 Å². The third-order valence-electron chi connectivity index (χ3n) is 5.41. The van der Waals surface area contributed by atoms with Crippen molar-refractivity contribution in [2.75, 3.05) is 19.6 Å². The molecule has 6 nitrogen and oxygen atoms in total. The number of allylic oxidation sites excluding steroid dienone is 1. The number of carbonyl (C=O) groups is 3. The van der Waals surface area contributed by atoms with E-state index in [1.54, 1.807) is 30.3 Å². The topological polar surface area (TPSA) is 75.7 Å². The molecule has 28 heavy (non-hydrogen) atoms. The van der Waals surface area contributed by atoms with Gasteiger partial charge in [-0.2, -0.15) is 0 Å². The Hall–Kier alpha value is -2.63. The Balaban J connectivity index is 1.43. The lowest BCUT2D eigenvalue weighted by Gasteiger charge is -2.31. The van der Waals surface area contributed by atoms with Crippen molar-refractivity contribution >= 4 is 17.8 Å². The van der Waals surface area contributed by atoms with Crippen LogP contribution in [0.15, 0.2) is 35.9 Å². The standard InChI is InChI=1S/C22H28N2O4/c1-15(18-6-7-18)12-21(26)24-10-8-17(9-11-24)14-23-22(27)19-4-3-5-20(13-19)28-16(2)25/h3-5,12-13,17-18H,6-11,14H2,1-2H3,(H,23,27)/b15-12+. The van der Waals surface area contributed by atoms with Crippen LogP contribution in [-0.4, -0.2) is 42.3 Å². The molecule has 0 spiro atoms. The van der Waals surface area contributed by atoms with Crippen molar-refractivity contribution in [1.29, 1.82) is 0 Å². The number of nitrogens with zero attached hydrogens (tertiary/aromatic N) is 1. The van der Waals surface area contributed by atoms with Gasteiger partial charge in [-0.05, 0) is 62.6 Å². The molecule has 3 rings (SSSR count). The lowest BCUT2D eigenvalue weighted by Crippen LogP contribution is -2.41. The maximum Gasteiger partial charge on any atom is 0.308 e. The minimum Gasteiger partial charge on any atom is -0.427 e. The number of ether oxygens (including phenoxy) is 1. The summed E-state index contributed by atoms with van der Waals surface area (Å²) in [5.74, 6) is 0.862. The van der Waals surface area contributed by atoms with Crippen molar-refractivity contribution in [3.05, 3.63) is 41.5 Å². The molecule has 6 heteroatoms. The van der Waals surface area contributed by atoms with E-state index in [0.29, 0.717) is 29.7 Å². The molecule has 2 amide bonds. The van der Waals surface area contributed by atoms with Crippen LogP contribution in [-0.2, 0) is 9.59 Å². The van der Waals surface area contributed by atoms with Crippen LogP contribution < -0.4 is 10.1 Å². The number of amides is 2. The zero-order valence-electron chi connectivity index (χ0n) is 16.6. The van der Waals surface area contributed by atoms with Crippen molar-refractivity contribution in [3.8, 4) is 5.75 Å². The second-order valence-electron chi connectivity index (χ2n) is 7.76. The Morgan fingerprint density at radius 3 is 2.50 bits per heavy atom. The summed E-state index contributed by atoms with van der Waals surface area (Å²) in [6, 6.07) is 6.59. The fraction of sp³-hybridized carbons (Fsp3) is 0.500. The normalized spacial score (nSPS) is 17.9. The first kappa shape index (κ1) is 20.1. The quantitative estimate of drug-likeness (QED) is 0.465. The number of nitrogens with one attached hydrogen (secondary N) is 1. The number of carbonyl (C=O) groups excluding carboxylic acids is 3. The molecule has 2 fully saturated rings. The Bertz CT molecular complexity index is 774. The number of rotatable bonds is 6. The minimum atomic E-state index is -0.416. The van der Waals surface area contributed by atoms with Gasteiger partial charge in [-0.1, -0.05) is 11.6 Å². The maximum absolute atomic E-state index is 12.4. The van der Waals surface area contributed by atoms with Crippen molar-refractivity contribution in [1.82, 2.24) is 10.2 Å². The minimum absolute atomic E-state index is 0.120. The first-order valence-corrected chi connectivity index (χ1v) is 9.96. The van der Waals surface area contributed by atoms with Gasteiger partial charge in [0.15, 0.2) is 0 Å². The van der Waals surface area contributed by atoms with Crippen LogP contribution in [0.4, 0.5) is 0 Å². The second kappa shape index (κ2) is 9.04. The third-order valence-corrected chi connectivity index (χ3v) is 5.41. The van der Waals surface area contributed by atoms with E-state index >= 15 is 0 Å². The van der Waals surface area contributed by atoms with E-state index in [1.807, 2.05) is 11.8 Å². The monoisotopic (exact) mass is 384 g/mol. The summed E-state index contributed by atoms with van der Waals surface area (Å²) >= 11 is 0. The van der Waals surface area contributed by atoms with E-state index in [0.717, 1.165) is 25.9 Å². The highest BCUT2D eigenvalue weighted by molar-refractivity contribution is 5.94. The molecule has 1 aromatic rings. The summed E-state index contributed by atoms with van der Waals surface area (Å²) in [6.07, 6.45) is 5.99. The smallest absolute Gasteiger partial charge is 0.308 e. The first-order valence-electron chi connectivity index (χ1n) is 9.96. The summed E-state index contributed by atoms with van der Waals surface area (Å²) in [5.41, 5.74) is 1.67. The molecular weight excluding hydrogens is 356 g/mol. The number of hydrogen-bond donors (Lipinski definition) is 1. The van der Waals surface area contributed by atoms with Gasteiger partial charge < -0.3 is 15.0 Å². The summed E-state index contributed by atoms with van der Waals surface area (Å²) in [7, 11) is 0. The molecule has 1 N–H and O–H groups in total. The van der Waals surface area contributed by atoms with Gasteiger partial charge in [0, 0.05) is 38.2 Å². The van der Waals surface area contributed by atoms with E-state index in [1.165, 1.54) is 25.3 Å². The van der Waals surface area contributed by atoms with Gasteiger partial charge in [0.05, 0.1) is 0 Å². The molecule has 2 aliphatic rings. The van der Waals surface area contributed by atoms with Crippen LogP contribution in [0.2, 0.25) is 0 Å². The molecule has 1 heterocycles. The molecule has 1 aliphatic carbocycles. The van der Waals surface area contributed by atoms with E-state index in [9.17, 15) is 14.4 Å². The maximum atomic E-state index is 12.4. The van der Waals surface area contributed by atoms with Gasteiger partial charge in [-0.15, -0.1) is 0 Å². The Labute approximate surface area is 165 Å². The van der Waals surface area contributed by atoms with Crippen molar-refractivity contribution in [2.45, 2.75) is 39.5 Å². The van der Waals surface area contributed by atoms with E-state index < -0.39 is 5.97 Å². The lowest BCUT2D eigenvalue weighted by molar-refractivity contribution is -0.132. The molecule has 0 radical (unpaired) electrons. The van der Waals surface area contributed by atoms with Crippen LogP contribution in [0, 0.1) is 11.8 Å². The van der Waals surface area contributed by atoms with E-state index in [4.69, 9.17) is 4.74 Å². The summed E-state index contributed by atoms with van der Waals surface area (Å²) in [4.78, 5) is 37.7. The number of esters is 1. The number of benzene rings is 1. The molecule has 1 saturated carbocycles. The summed E-state index contributed by atoms with van der Waals surface area (Å²) in [5, 5.41) is 2.95. The van der Waals surface area contributed by atoms with Gasteiger partial charge in [0.2, 0.25) is 5.91 Å². The Kier molecular flexibility index (Phi) is 6.49. The zero-order valence-corrected chi connectivity index (χ0v) is 16.6. The van der Waals surface area contributed by atoms with Gasteiger partial charge in [-0.3, -0.25) is 14.4 Å². The first-order chi connectivity index (χ1) is 13.4. The molecule has 150 valence electrons. The fourth-order valence-corrected chi connectivity index (χ4v) is 3.51. The van der Waals surface area contributed by atoms with Gasteiger partial charge in [-0.25, -0.2) is 0 Å². The Morgan fingerprint density at radius 2 is 1.86 bits per heavy atom. The molecule has 0 bridgehead atoms. The van der Waals surface area contributed by atoms with E-state index in [-0.39, 0.29) is 11.8 Å². The highest BCUT2D eigenvalue weighted by Gasteiger charge is 2.26.